The van der Waals surface area contributed by atoms with Crippen molar-refractivity contribution in [3.8, 4) is 0 Å². The highest BCUT2D eigenvalue weighted by Crippen LogP contribution is 2.18. The number of amides is 1. The molecular formula is C17H19NO3. The topological polar surface area (TPSA) is 66.4 Å². The van der Waals surface area contributed by atoms with Crippen LogP contribution in [0.25, 0.3) is 10.8 Å². The van der Waals surface area contributed by atoms with Gasteiger partial charge in [0.05, 0.1) is 12.3 Å². The first-order valence-corrected chi connectivity index (χ1v) is 7.08. The molecule has 1 amide bonds. The SMILES string of the molecule is CCC(CNC(=O)Cc1cccc2ccccc12)C(=O)O. The average molecular weight is 285 g/mol. The molecule has 0 saturated carbocycles. The maximum Gasteiger partial charge on any atom is 0.308 e. The number of carboxylic acids is 1. The Labute approximate surface area is 123 Å². The van der Waals surface area contributed by atoms with Crippen molar-refractivity contribution in [1.29, 1.82) is 0 Å². The maximum absolute atomic E-state index is 12.0. The third-order valence-corrected chi connectivity index (χ3v) is 3.62. The Morgan fingerprint density at radius 2 is 1.86 bits per heavy atom. The smallest absolute Gasteiger partial charge is 0.308 e. The fourth-order valence-electron chi connectivity index (χ4n) is 2.33. The predicted octanol–water partition coefficient (Wildman–Crippen LogP) is 2.61. The number of carbonyl (C=O) groups excluding carboxylic acids is 1. The quantitative estimate of drug-likeness (QED) is 0.857. The van der Waals surface area contributed by atoms with Crippen LogP contribution in [0.3, 0.4) is 0 Å². The number of carboxylic acid groups (broad SMARTS) is 1. The maximum atomic E-state index is 12.0. The van der Waals surface area contributed by atoms with Gasteiger partial charge in [0.2, 0.25) is 5.91 Å². The summed E-state index contributed by atoms with van der Waals surface area (Å²) in [5.74, 6) is -1.55. The normalized spacial score (nSPS) is 12.0. The van der Waals surface area contributed by atoms with E-state index in [1.54, 1.807) is 6.92 Å². The molecule has 0 saturated heterocycles. The third kappa shape index (κ3) is 3.81. The highest BCUT2D eigenvalue weighted by atomic mass is 16.4. The lowest BCUT2D eigenvalue weighted by atomic mass is 10.0. The van der Waals surface area contributed by atoms with Crippen LogP contribution in [0.1, 0.15) is 18.9 Å². The molecule has 110 valence electrons. The second-order valence-corrected chi connectivity index (χ2v) is 5.06. The summed E-state index contributed by atoms with van der Waals surface area (Å²) in [5, 5.41) is 13.8. The van der Waals surface area contributed by atoms with E-state index in [9.17, 15) is 9.59 Å². The average Bonchev–Trinajstić information content (AvgIpc) is 2.48. The van der Waals surface area contributed by atoms with Gasteiger partial charge in [-0.3, -0.25) is 9.59 Å². The zero-order chi connectivity index (χ0) is 15.2. The van der Waals surface area contributed by atoms with Crippen LogP contribution in [-0.2, 0) is 16.0 Å². The fourth-order valence-corrected chi connectivity index (χ4v) is 2.33. The van der Waals surface area contributed by atoms with Gasteiger partial charge in [0, 0.05) is 6.54 Å². The summed E-state index contributed by atoms with van der Waals surface area (Å²) in [4.78, 5) is 22.9. The number of carbonyl (C=O) groups is 2. The lowest BCUT2D eigenvalue weighted by molar-refractivity contribution is -0.141. The Kier molecular flexibility index (Phi) is 4.93. The molecule has 0 radical (unpaired) electrons. The molecule has 0 aliphatic heterocycles. The van der Waals surface area contributed by atoms with Crippen molar-refractivity contribution in [3.05, 3.63) is 48.0 Å². The van der Waals surface area contributed by atoms with Crippen molar-refractivity contribution in [1.82, 2.24) is 5.32 Å². The highest BCUT2D eigenvalue weighted by molar-refractivity contribution is 5.90. The first kappa shape index (κ1) is 15.0. The minimum Gasteiger partial charge on any atom is -0.481 e. The van der Waals surface area contributed by atoms with Crippen LogP contribution < -0.4 is 5.32 Å². The molecule has 0 aliphatic carbocycles. The highest BCUT2D eigenvalue weighted by Gasteiger charge is 2.16. The number of hydrogen-bond acceptors (Lipinski definition) is 2. The van der Waals surface area contributed by atoms with Crippen LogP contribution >= 0.6 is 0 Å². The molecule has 0 aliphatic rings. The summed E-state index contributed by atoms with van der Waals surface area (Å²) < 4.78 is 0. The van der Waals surface area contributed by atoms with E-state index in [4.69, 9.17) is 5.11 Å². The van der Waals surface area contributed by atoms with E-state index in [-0.39, 0.29) is 18.9 Å². The summed E-state index contributed by atoms with van der Waals surface area (Å²) in [6.45, 7) is 1.98. The van der Waals surface area contributed by atoms with Crippen molar-refractivity contribution < 1.29 is 14.7 Å². The zero-order valence-electron chi connectivity index (χ0n) is 12.0. The zero-order valence-corrected chi connectivity index (χ0v) is 12.0. The molecule has 2 N–H and O–H groups in total. The number of aliphatic carboxylic acids is 1. The molecule has 1 unspecified atom stereocenters. The van der Waals surface area contributed by atoms with Crippen LogP contribution in [-0.4, -0.2) is 23.5 Å². The molecule has 4 nitrogen and oxygen atoms in total. The Morgan fingerprint density at radius 1 is 1.14 bits per heavy atom. The number of nitrogens with one attached hydrogen (secondary N) is 1. The van der Waals surface area contributed by atoms with E-state index < -0.39 is 11.9 Å². The lowest BCUT2D eigenvalue weighted by Gasteiger charge is -2.12. The summed E-state index contributed by atoms with van der Waals surface area (Å²) in [7, 11) is 0. The van der Waals surface area contributed by atoms with E-state index in [0.29, 0.717) is 6.42 Å². The molecular weight excluding hydrogens is 266 g/mol. The Hall–Kier alpha value is -2.36. The van der Waals surface area contributed by atoms with Crippen LogP contribution in [0, 0.1) is 5.92 Å². The Bertz CT molecular complexity index is 646. The molecule has 0 heterocycles. The van der Waals surface area contributed by atoms with Gasteiger partial charge in [0.25, 0.3) is 0 Å². The van der Waals surface area contributed by atoms with Crippen molar-refractivity contribution in [2.75, 3.05) is 6.54 Å². The van der Waals surface area contributed by atoms with Gasteiger partial charge in [-0.25, -0.2) is 0 Å². The Morgan fingerprint density at radius 3 is 2.57 bits per heavy atom. The number of fused-ring (bicyclic) bond motifs is 1. The third-order valence-electron chi connectivity index (χ3n) is 3.62. The van der Waals surface area contributed by atoms with Crippen LogP contribution in [0.4, 0.5) is 0 Å². The first-order valence-electron chi connectivity index (χ1n) is 7.08. The van der Waals surface area contributed by atoms with Gasteiger partial charge < -0.3 is 10.4 Å². The second-order valence-electron chi connectivity index (χ2n) is 5.06. The standard InChI is InChI=1S/C17H19NO3/c1-2-12(17(20)21)11-18-16(19)10-14-8-5-7-13-6-3-4-9-15(13)14/h3-9,12H,2,10-11H2,1H3,(H,18,19)(H,20,21). The van der Waals surface area contributed by atoms with Crippen LogP contribution in [0.5, 0.6) is 0 Å². The van der Waals surface area contributed by atoms with Crippen LogP contribution in [0.15, 0.2) is 42.5 Å². The lowest BCUT2D eigenvalue weighted by Crippen LogP contribution is -2.33. The molecule has 1 atom stereocenters. The number of hydrogen-bond donors (Lipinski definition) is 2. The van der Waals surface area contributed by atoms with Gasteiger partial charge in [-0.1, -0.05) is 49.4 Å². The van der Waals surface area contributed by atoms with E-state index >= 15 is 0 Å². The molecule has 0 bridgehead atoms. The minimum atomic E-state index is -0.872. The van der Waals surface area contributed by atoms with Gasteiger partial charge in [0.1, 0.15) is 0 Å². The molecule has 2 aromatic rings. The minimum absolute atomic E-state index is 0.147. The van der Waals surface area contributed by atoms with E-state index in [2.05, 4.69) is 5.32 Å². The van der Waals surface area contributed by atoms with Gasteiger partial charge in [-0.05, 0) is 22.8 Å². The van der Waals surface area contributed by atoms with Crippen LogP contribution in [0.2, 0.25) is 0 Å². The largest absolute Gasteiger partial charge is 0.481 e. The van der Waals surface area contributed by atoms with Crippen molar-refractivity contribution in [2.45, 2.75) is 19.8 Å². The number of rotatable bonds is 6. The van der Waals surface area contributed by atoms with Gasteiger partial charge >= 0.3 is 5.97 Å². The summed E-state index contributed by atoms with van der Waals surface area (Å²) in [6.07, 6.45) is 0.765. The summed E-state index contributed by atoms with van der Waals surface area (Å²) in [6, 6.07) is 13.8. The van der Waals surface area contributed by atoms with Crippen molar-refractivity contribution in [3.63, 3.8) is 0 Å². The number of benzene rings is 2. The molecule has 4 heteroatoms. The Balaban J connectivity index is 2.03. The molecule has 0 spiro atoms. The second kappa shape index (κ2) is 6.88. The van der Waals surface area contributed by atoms with E-state index in [0.717, 1.165) is 16.3 Å². The summed E-state index contributed by atoms with van der Waals surface area (Å²) >= 11 is 0. The molecule has 0 fully saturated rings. The van der Waals surface area contributed by atoms with Crippen molar-refractivity contribution >= 4 is 22.6 Å². The molecule has 2 rings (SSSR count). The van der Waals surface area contributed by atoms with Gasteiger partial charge in [-0.2, -0.15) is 0 Å². The van der Waals surface area contributed by atoms with E-state index in [1.165, 1.54) is 0 Å². The first-order chi connectivity index (χ1) is 10.1. The fraction of sp³-hybridized carbons (Fsp3) is 0.294. The molecule has 21 heavy (non-hydrogen) atoms. The molecule has 0 aromatic heterocycles. The van der Waals surface area contributed by atoms with Crippen molar-refractivity contribution in [2.24, 2.45) is 5.92 Å². The van der Waals surface area contributed by atoms with Gasteiger partial charge in [0.15, 0.2) is 0 Å². The van der Waals surface area contributed by atoms with E-state index in [1.807, 2.05) is 42.5 Å². The molecule has 2 aromatic carbocycles. The predicted molar refractivity (Wildman–Crippen MR) is 82.1 cm³/mol. The summed E-state index contributed by atoms with van der Waals surface area (Å²) in [5.41, 5.74) is 0.953. The monoisotopic (exact) mass is 285 g/mol. The van der Waals surface area contributed by atoms with Gasteiger partial charge in [-0.15, -0.1) is 0 Å².